The molecule has 0 radical (unpaired) electrons. The van der Waals surface area contributed by atoms with Crippen molar-refractivity contribution in [2.45, 2.75) is 104 Å². The third kappa shape index (κ3) is 12.4. The zero-order chi connectivity index (χ0) is 14.3. The predicted octanol–water partition coefficient (Wildman–Crippen LogP) is 6.30. The van der Waals surface area contributed by atoms with Crippen molar-refractivity contribution in [2.24, 2.45) is 5.92 Å². The number of carbonyl (C=O) groups excluding carboxylic acids is 1. The average molecular weight is 268 g/mol. The van der Waals surface area contributed by atoms with Crippen LogP contribution in [0.3, 0.4) is 0 Å². The average Bonchev–Trinajstić information content (AvgIpc) is 2.41. The molecule has 0 amide bonds. The van der Waals surface area contributed by atoms with E-state index in [1.807, 2.05) is 0 Å². The second-order valence-corrected chi connectivity index (χ2v) is 6.09. The fraction of sp³-hybridized carbons (Fsp3) is 0.944. The van der Waals surface area contributed by atoms with Crippen LogP contribution in [0.5, 0.6) is 0 Å². The van der Waals surface area contributed by atoms with Crippen LogP contribution in [0.25, 0.3) is 0 Å². The van der Waals surface area contributed by atoms with E-state index in [1.54, 1.807) is 0 Å². The molecule has 0 saturated heterocycles. The van der Waals surface area contributed by atoms with Crippen LogP contribution >= 0.6 is 0 Å². The first-order valence-electron chi connectivity index (χ1n) is 8.75. The first-order chi connectivity index (χ1) is 9.22. The van der Waals surface area contributed by atoms with Crippen LogP contribution in [0.4, 0.5) is 0 Å². The molecule has 1 nitrogen and oxygen atoms in total. The summed E-state index contributed by atoms with van der Waals surface area (Å²) in [6.45, 7) is 6.51. The van der Waals surface area contributed by atoms with Crippen molar-refractivity contribution in [1.29, 1.82) is 0 Å². The monoisotopic (exact) mass is 268 g/mol. The summed E-state index contributed by atoms with van der Waals surface area (Å²) in [5.74, 6) is 0.782. The summed E-state index contributed by atoms with van der Waals surface area (Å²) in [4.78, 5) is 11.8. The van der Waals surface area contributed by atoms with E-state index >= 15 is 0 Å². The van der Waals surface area contributed by atoms with Crippen molar-refractivity contribution in [3.63, 3.8) is 0 Å². The topological polar surface area (TPSA) is 17.1 Å². The van der Waals surface area contributed by atoms with Crippen LogP contribution < -0.4 is 0 Å². The van der Waals surface area contributed by atoms with Gasteiger partial charge in [-0.3, -0.25) is 4.79 Å². The molecule has 1 unspecified atom stereocenters. The molecule has 1 heteroatoms. The third-order valence-electron chi connectivity index (χ3n) is 4.05. The van der Waals surface area contributed by atoms with Gasteiger partial charge in [0, 0.05) is 12.3 Å². The second-order valence-electron chi connectivity index (χ2n) is 6.09. The number of Topliss-reactive ketones (excluding diaryl/α,β-unsaturated/α-hetero) is 1. The van der Waals surface area contributed by atoms with Crippen molar-refractivity contribution in [3.05, 3.63) is 0 Å². The van der Waals surface area contributed by atoms with E-state index in [9.17, 15) is 4.79 Å². The molecule has 0 spiro atoms. The van der Waals surface area contributed by atoms with Gasteiger partial charge in [-0.1, -0.05) is 85.0 Å². The molecule has 0 fully saturated rings. The van der Waals surface area contributed by atoms with Crippen molar-refractivity contribution in [3.8, 4) is 0 Å². The lowest BCUT2D eigenvalue weighted by Crippen LogP contribution is -2.10. The maximum absolute atomic E-state index is 11.8. The Morgan fingerprint density at radius 1 is 0.737 bits per heavy atom. The summed E-state index contributed by atoms with van der Waals surface area (Å²) in [5.41, 5.74) is 0. The van der Waals surface area contributed by atoms with E-state index in [1.165, 1.54) is 57.8 Å². The van der Waals surface area contributed by atoms with Gasteiger partial charge in [-0.05, 0) is 12.8 Å². The zero-order valence-corrected chi connectivity index (χ0v) is 13.7. The molecule has 0 heterocycles. The van der Waals surface area contributed by atoms with Gasteiger partial charge in [0.05, 0.1) is 0 Å². The van der Waals surface area contributed by atoms with Gasteiger partial charge in [-0.2, -0.15) is 0 Å². The van der Waals surface area contributed by atoms with Crippen LogP contribution in [0.2, 0.25) is 0 Å². The lowest BCUT2D eigenvalue weighted by atomic mass is 9.96. The van der Waals surface area contributed by atoms with Gasteiger partial charge in [0.25, 0.3) is 0 Å². The Bertz CT molecular complexity index is 198. The molecule has 0 aromatic rings. The van der Waals surface area contributed by atoms with Gasteiger partial charge in [0.1, 0.15) is 5.78 Å². The highest BCUT2D eigenvalue weighted by atomic mass is 16.1. The van der Waals surface area contributed by atoms with Crippen molar-refractivity contribution < 1.29 is 4.79 Å². The molecule has 1 atom stereocenters. The minimum absolute atomic E-state index is 0.295. The van der Waals surface area contributed by atoms with E-state index in [2.05, 4.69) is 20.8 Å². The minimum atomic E-state index is 0.295. The smallest absolute Gasteiger partial charge is 0.135 e. The van der Waals surface area contributed by atoms with Crippen LogP contribution in [0.15, 0.2) is 0 Å². The van der Waals surface area contributed by atoms with Crippen LogP contribution in [0, 0.1) is 5.92 Å². The second kappa shape index (κ2) is 14.1. The van der Waals surface area contributed by atoms with Crippen LogP contribution in [-0.4, -0.2) is 5.78 Å². The molecule has 0 N–H and O–H groups in total. The minimum Gasteiger partial charge on any atom is -0.299 e. The number of rotatable bonds is 14. The summed E-state index contributed by atoms with van der Waals surface area (Å²) < 4.78 is 0. The highest BCUT2D eigenvalue weighted by Gasteiger charge is 2.10. The Balaban J connectivity index is 3.20. The molecule has 0 aliphatic heterocycles. The molecular formula is C18H36O. The standard InChI is InChI=1S/C18H36O/c1-4-6-7-8-9-10-11-12-13-14-16-18(19)17(3)15-5-2/h17H,4-16H2,1-3H3. The quantitative estimate of drug-likeness (QED) is 0.338. The maximum atomic E-state index is 11.8. The summed E-state index contributed by atoms with van der Waals surface area (Å²) in [6.07, 6.45) is 16.4. The number of hydrogen-bond donors (Lipinski definition) is 0. The van der Waals surface area contributed by atoms with E-state index in [4.69, 9.17) is 0 Å². The normalized spacial score (nSPS) is 12.6. The van der Waals surface area contributed by atoms with Crippen LogP contribution in [-0.2, 0) is 4.79 Å². The summed E-state index contributed by atoms with van der Waals surface area (Å²) >= 11 is 0. The molecular weight excluding hydrogens is 232 g/mol. The lowest BCUT2D eigenvalue weighted by molar-refractivity contribution is -0.122. The van der Waals surface area contributed by atoms with Gasteiger partial charge in [-0.25, -0.2) is 0 Å². The molecule has 0 saturated carbocycles. The molecule has 0 aliphatic rings. The SMILES string of the molecule is CCCCCCCCCCCCC(=O)C(C)CCC. The van der Waals surface area contributed by atoms with Gasteiger partial charge in [0.15, 0.2) is 0 Å². The number of hydrogen-bond acceptors (Lipinski definition) is 1. The largest absolute Gasteiger partial charge is 0.299 e. The van der Waals surface area contributed by atoms with E-state index in [-0.39, 0.29) is 0 Å². The van der Waals surface area contributed by atoms with E-state index in [0.717, 1.165) is 25.7 Å². The molecule has 0 aromatic carbocycles. The van der Waals surface area contributed by atoms with Crippen LogP contribution in [0.1, 0.15) is 104 Å². The number of ketones is 1. The Hall–Kier alpha value is -0.330. The van der Waals surface area contributed by atoms with E-state index in [0.29, 0.717) is 11.7 Å². The maximum Gasteiger partial charge on any atom is 0.135 e. The predicted molar refractivity (Wildman–Crippen MR) is 85.5 cm³/mol. The highest BCUT2D eigenvalue weighted by molar-refractivity contribution is 5.80. The van der Waals surface area contributed by atoms with Gasteiger partial charge < -0.3 is 0 Å². The van der Waals surface area contributed by atoms with Gasteiger partial charge in [0.2, 0.25) is 0 Å². The number of unbranched alkanes of at least 4 members (excludes halogenated alkanes) is 9. The zero-order valence-electron chi connectivity index (χ0n) is 13.7. The fourth-order valence-corrected chi connectivity index (χ4v) is 2.63. The first-order valence-corrected chi connectivity index (χ1v) is 8.75. The summed E-state index contributed by atoms with van der Waals surface area (Å²) in [6, 6.07) is 0. The molecule has 0 aromatic heterocycles. The molecule has 19 heavy (non-hydrogen) atoms. The Morgan fingerprint density at radius 3 is 1.68 bits per heavy atom. The Kier molecular flexibility index (Phi) is 13.8. The first kappa shape index (κ1) is 18.7. The highest BCUT2D eigenvalue weighted by Crippen LogP contribution is 2.14. The summed E-state index contributed by atoms with van der Waals surface area (Å²) in [7, 11) is 0. The van der Waals surface area contributed by atoms with E-state index < -0.39 is 0 Å². The van der Waals surface area contributed by atoms with Gasteiger partial charge in [-0.15, -0.1) is 0 Å². The fourth-order valence-electron chi connectivity index (χ4n) is 2.63. The van der Waals surface area contributed by atoms with Gasteiger partial charge >= 0.3 is 0 Å². The molecule has 0 bridgehead atoms. The van der Waals surface area contributed by atoms with Crippen molar-refractivity contribution in [2.75, 3.05) is 0 Å². The lowest BCUT2D eigenvalue weighted by Gasteiger charge is -2.08. The molecule has 0 rings (SSSR count). The summed E-state index contributed by atoms with van der Waals surface area (Å²) in [5, 5.41) is 0. The Labute approximate surface area is 121 Å². The number of carbonyl (C=O) groups is 1. The molecule has 0 aliphatic carbocycles. The van der Waals surface area contributed by atoms with Crippen molar-refractivity contribution >= 4 is 5.78 Å². The third-order valence-corrected chi connectivity index (χ3v) is 4.05. The van der Waals surface area contributed by atoms with Crippen molar-refractivity contribution in [1.82, 2.24) is 0 Å². The molecule has 114 valence electrons. The Morgan fingerprint density at radius 2 is 1.21 bits per heavy atom.